The Bertz CT molecular complexity index is 1390. The molecule has 6 rings (SSSR count). The molecular weight excluding hydrogens is 488 g/mol. The molecule has 2 aliphatic rings. The van der Waals surface area contributed by atoms with E-state index in [2.05, 4.69) is 22.2 Å². The van der Waals surface area contributed by atoms with Crippen LogP contribution in [-0.4, -0.2) is 64.3 Å². The van der Waals surface area contributed by atoms with Crippen molar-refractivity contribution in [3.05, 3.63) is 65.9 Å². The maximum Gasteiger partial charge on any atom is 0.232 e. The lowest BCUT2D eigenvalue weighted by Crippen LogP contribution is -2.37. The van der Waals surface area contributed by atoms with Gasteiger partial charge in [0.05, 0.1) is 37.3 Å². The number of fused-ring (bicyclic) bond motifs is 3. The van der Waals surface area contributed by atoms with Gasteiger partial charge in [-0.2, -0.15) is 5.10 Å². The zero-order chi connectivity index (χ0) is 25.2. The molecule has 0 atom stereocenters. The Morgan fingerprint density at radius 3 is 2.46 bits per heavy atom. The number of morpholine rings is 1. The van der Waals surface area contributed by atoms with Crippen LogP contribution in [0.5, 0.6) is 11.5 Å². The number of hydrogen-bond donors (Lipinski definition) is 1. The summed E-state index contributed by atoms with van der Waals surface area (Å²) < 4.78 is 13.4. The van der Waals surface area contributed by atoms with Gasteiger partial charge in [0.2, 0.25) is 5.91 Å². The predicted octanol–water partition coefficient (Wildman–Crippen LogP) is 3.83. The summed E-state index contributed by atoms with van der Waals surface area (Å²) in [6, 6.07) is 15.4. The van der Waals surface area contributed by atoms with Gasteiger partial charge in [-0.3, -0.25) is 4.79 Å². The fourth-order valence-electron chi connectivity index (χ4n) is 4.87. The number of para-hydroxylation sites is 2. The fourth-order valence-corrected chi connectivity index (χ4v) is 5.43. The summed E-state index contributed by atoms with van der Waals surface area (Å²) in [5, 5.41) is 9.38. The fraction of sp³-hybridized carbons (Fsp3) is 0.333. The molecule has 4 heterocycles. The summed E-state index contributed by atoms with van der Waals surface area (Å²) in [6.07, 6.45) is 1.83. The summed E-state index contributed by atoms with van der Waals surface area (Å²) >= 11 is 1.61. The van der Waals surface area contributed by atoms with Crippen molar-refractivity contribution in [2.24, 2.45) is 0 Å². The van der Waals surface area contributed by atoms with E-state index in [1.807, 2.05) is 59.4 Å². The Balaban J connectivity index is 1.23. The van der Waals surface area contributed by atoms with Crippen molar-refractivity contribution in [2.45, 2.75) is 24.5 Å². The highest BCUT2D eigenvalue weighted by molar-refractivity contribution is 7.99. The van der Waals surface area contributed by atoms with E-state index in [9.17, 15) is 4.79 Å². The summed E-state index contributed by atoms with van der Waals surface area (Å²) in [4.78, 5) is 25.3. The molecule has 1 fully saturated rings. The number of benzene rings is 2. The molecular formula is C27H28N6O3S. The molecule has 10 heteroatoms. The maximum atomic E-state index is 13.5. The van der Waals surface area contributed by atoms with Crippen LogP contribution in [0.2, 0.25) is 0 Å². The molecule has 0 radical (unpaired) electrons. The van der Waals surface area contributed by atoms with Crippen LogP contribution < -0.4 is 15.0 Å². The highest BCUT2D eigenvalue weighted by atomic mass is 32.2. The molecule has 1 N–H and O–H groups in total. The first kappa shape index (κ1) is 23.7. The van der Waals surface area contributed by atoms with Gasteiger partial charge < -0.3 is 19.7 Å². The van der Waals surface area contributed by atoms with Crippen LogP contribution in [0.25, 0.3) is 11.0 Å². The molecule has 0 saturated carbocycles. The zero-order valence-electron chi connectivity index (χ0n) is 20.6. The highest BCUT2D eigenvalue weighted by Gasteiger charge is 2.32. The van der Waals surface area contributed by atoms with E-state index in [0.717, 1.165) is 52.0 Å². The number of hydrogen-bond acceptors (Lipinski definition) is 8. The number of carbonyl (C=O) groups excluding carboxylic acids is 1. The average Bonchev–Trinajstić information content (AvgIpc) is 3.34. The quantitative estimate of drug-likeness (QED) is 0.293. The number of rotatable bonds is 7. The molecule has 2 aromatic carbocycles. The van der Waals surface area contributed by atoms with Crippen molar-refractivity contribution >= 4 is 34.5 Å². The zero-order valence-corrected chi connectivity index (χ0v) is 21.4. The maximum absolute atomic E-state index is 13.5. The van der Waals surface area contributed by atoms with Crippen molar-refractivity contribution in [1.82, 2.24) is 25.1 Å². The van der Waals surface area contributed by atoms with Crippen LogP contribution in [0.4, 0.5) is 5.82 Å². The molecule has 1 saturated heterocycles. The second kappa shape index (κ2) is 10.4. The van der Waals surface area contributed by atoms with Gasteiger partial charge >= 0.3 is 0 Å². The number of amides is 1. The normalized spacial score (nSPS) is 15.2. The standard InChI is InChI=1S/C27H28N6O3S/c1-2-37-27-30-24(32-13-15-35-16-14-32)20-17-29-33(25(20)31-27)12-11-28-26(34)23-18-7-3-5-9-21(18)36-22-10-6-4-8-19(22)23/h3-10,17,23H,2,11-16H2,1H3,(H,28,34). The second-order valence-electron chi connectivity index (χ2n) is 8.87. The van der Waals surface area contributed by atoms with Gasteiger partial charge in [-0.25, -0.2) is 14.6 Å². The van der Waals surface area contributed by atoms with Gasteiger partial charge in [0.1, 0.15) is 17.3 Å². The predicted molar refractivity (Wildman–Crippen MR) is 143 cm³/mol. The summed E-state index contributed by atoms with van der Waals surface area (Å²) in [5.41, 5.74) is 2.52. The third kappa shape index (κ3) is 4.62. The van der Waals surface area contributed by atoms with Crippen molar-refractivity contribution in [3.8, 4) is 11.5 Å². The Morgan fingerprint density at radius 2 is 1.76 bits per heavy atom. The first-order valence-electron chi connectivity index (χ1n) is 12.6. The van der Waals surface area contributed by atoms with Crippen LogP contribution in [0, 0.1) is 0 Å². The Labute approximate surface area is 219 Å². The largest absolute Gasteiger partial charge is 0.457 e. The molecule has 2 aromatic heterocycles. The minimum atomic E-state index is -0.432. The van der Waals surface area contributed by atoms with Crippen LogP contribution in [0.1, 0.15) is 24.0 Å². The topological polar surface area (TPSA) is 94.4 Å². The Morgan fingerprint density at radius 1 is 1.05 bits per heavy atom. The lowest BCUT2D eigenvalue weighted by molar-refractivity contribution is -0.121. The van der Waals surface area contributed by atoms with Crippen LogP contribution in [0.3, 0.4) is 0 Å². The smallest absolute Gasteiger partial charge is 0.232 e. The van der Waals surface area contributed by atoms with Crippen molar-refractivity contribution in [1.29, 1.82) is 0 Å². The van der Waals surface area contributed by atoms with E-state index in [1.165, 1.54) is 0 Å². The van der Waals surface area contributed by atoms with Crippen LogP contribution in [-0.2, 0) is 16.1 Å². The molecule has 9 nitrogen and oxygen atoms in total. The van der Waals surface area contributed by atoms with Gasteiger partial charge in [-0.15, -0.1) is 0 Å². The Hall–Kier alpha value is -3.63. The van der Waals surface area contributed by atoms with E-state index in [0.29, 0.717) is 37.8 Å². The lowest BCUT2D eigenvalue weighted by atomic mass is 9.87. The van der Waals surface area contributed by atoms with Crippen LogP contribution in [0.15, 0.2) is 59.9 Å². The average molecular weight is 517 g/mol. The third-order valence-electron chi connectivity index (χ3n) is 6.60. The molecule has 4 aromatic rings. The molecule has 0 spiro atoms. The van der Waals surface area contributed by atoms with E-state index in [1.54, 1.807) is 11.8 Å². The van der Waals surface area contributed by atoms with Gasteiger partial charge in [0, 0.05) is 30.8 Å². The molecule has 0 bridgehead atoms. The highest BCUT2D eigenvalue weighted by Crippen LogP contribution is 2.43. The first-order chi connectivity index (χ1) is 18.2. The molecule has 2 aliphatic heterocycles. The van der Waals surface area contributed by atoms with Gasteiger partial charge in [-0.05, 0) is 17.9 Å². The number of nitrogens with one attached hydrogen (secondary N) is 1. The van der Waals surface area contributed by atoms with Crippen LogP contribution >= 0.6 is 11.8 Å². The molecule has 190 valence electrons. The molecule has 0 aliphatic carbocycles. The summed E-state index contributed by atoms with van der Waals surface area (Å²) in [7, 11) is 0. The Kier molecular flexibility index (Phi) is 6.67. The SMILES string of the molecule is CCSc1nc(N2CCOCC2)c2cnn(CCNC(=O)C3c4ccccc4Oc4ccccc43)c2n1. The number of nitrogens with zero attached hydrogens (tertiary/aromatic N) is 5. The van der Waals surface area contributed by atoms with Gasteiger partial charge in [-0.1, -0.05) is 55.1 Å². The second-order valence-corrected chi connectivity index (χ2v) is 10.1. The lowest BCUT2D eigenvalue weighted by Gasteiger charge is -2.28. The van der Waals surface area contributed by atoms with Crippen molar-refractivity contribution in [3.63, 3.8) is 0 Å². The first-order valence-corrected chi connectivity index (χ1v) is 13.5. The number of ether oxygens (including phenoxy) is 2. The summed E-state index contributed by atoms with van der Waals surface area (Å²) in [5.74, 6) is 2.71. The molecule has 37 heavy (non-hydrogen) atoms. The number of anilines is 1. The van der Waals surface area contributed by atoms with Crippen molar-refractivity contribution in [2.75, 3.05) is 43.5 Å². The minimum Gasteiger partial charge on any atom is -0.457 e. The van der Waals surface area contributed by atoms with Crippen molar-refractivity contribution < 1.29 is 14.3 Å². The van der Waals surface area contributed by atoms with E-state index in [4.69, 9.17) is 19.4 Å². The number of thioether (sulfide) groups is 1. The third-order valence-corrected chi connectivity index (χ3v) is 7.33. The minimum absolute atomic E-state index is 0.0643. The number of aromatic nitrogens is 4. The number of carbonyl (C=O) groups is 1. The van der Waals surface area contributed by atoms with Gasteiger partial charge in [0.15, 0.2) is 10.8 Å². The monoisotopic (exact) mass is 516 g/mol. The molecule has 1 amide bonds. The molecule has 0 unspecified atom stereocenters. The van der Waals surface area contributed by atoms with Gasteiger partial charge in [0.25, 0.3) is 0 Å². The van der Waals surface area contributed by atoms with E-state index >= 15 is 0 Å². The van der Waals surface area contributed by atoms with E-state index in [-0.39, 0.29) is 5.91 Å². The summed E-state index contributed by atoms with van der Waals surface area (Å²) in [6.45, 7) is 5.95. The van der Waals surface area contributed by atoms with E-state index < -0.39 is 5.92 Å².